The molecule has 0 aromatic heterocycles. The number of hydrogen-bond acceptors (Lipinski definition) is 6. The number of aliphatic hydroxyl groups is 4. The molecular weight excluding hydrogens is 456 g/mol. The van der Waals surface area contributed by atoms with E-state index >= 15 is 0 Å². The Balaban J connectivity index is 1.41. The highest BCUT2D eigenvalue weighted by molar-refractivity contribution is 5.86. The molecule has 5 aliphatic carbocycles. The Hall–Kier alpha value is -0.530. The first-order valence-corrected chi connectivity index (χ1v) is 14.4. The minimum atomic E-state index is -0.949. The summed E-state index contributed by atoms with van der Waals surface area (Å²) < 4.78 is 6.60. The normalized spacial score (nSPS) is 59.6. The van der Waals surface area contributed by atoms with E-state index in [4.69, 9.17) is 4.74 Å². The molecule has 6 fully saturated rings. The molecule has 0 radical (unpaired) electrons. The number of aliphatic hydroxyl groups excluding tert-OH is 3. The van der Waals surface area contributed by atoms with Gasteiger partial charge in [-0.1, -0.05) is 27.7 Å². The van der Waals surface area contributed by atoms with Crippen LogP contribution in [0.3, 0.4) is 0 Å². The average molecular weight is 505 g/mol. The predicted molar refractivity (Wildman–Crippen MR) is 135 cm³/mol. The maximum absolute atomic E-state index is 12.9. The van der Waals surface area contributed by atoms with Gasteiger partial charge in [-0.25, -0.2) is 0 Å². The van der Waals surface area contributed by atoms with Crippen LogP contribution in [-0.4, -0.2) is 61.8 Å². The average Bonchev–Trinajstić information content (AvgIpc) is 3.15. The largest absolute Gasteiger partial charge is 0.393 e. The van der Waals surface area contributed by atoms with Crippen molar-refractivity contribution in [1.29, 1.82) is 0 Å². The van der Waals surface area contributed by atoms with Gasteiger partial charge in [-0.3, -0.25) is 4.79 Å². The molecule has 6 heteroatoms. The first kappa shape index (κ1) is 25.7. The van der Waals surface area contributed by atoms with Crippen molar-refractivity contribution in [2.24, 2.45) is 44.8 Å². The highest BCUT2D eigenvalue weighted by Crippen LogP contribution is 2.88. The lowest BCUT2D eigenvalue weighted by Gasteiger charge is -2.65. The quantitative estimate of drug-likeness (QED) is 0.458. The van der Waals surface area contributed by atoms with E-state index in [1.165, 1.54) is 0 Å². The van der Waals surface area contributed by atoms with Crippen molar-refractivity contribution in [3.63, 3.8) is 0 Å². The number of ketones is 1. The number of Topliss-reactive ketones (excluding diaryl/α,β-unsaturated/α-hetero) is 1. The maximum atomic E-state index is 12.9. The molecule has 6 nitrogen and oxygen atoms in total. The van der Waals surface area contributed by atoms with Crippen molar-refractivity contribution in [3.8, 4) is 0 Å². The highest BCUT2D eigenvalue weighted by Gasteiger charge is 2.87. The Kier molecular flexibility index (Phi) is 4.98. The fourth-order valence-corrected chi connectivity index (χ4v) is 12.0. The SMILES string of the molecule is CC(C)(O)C1CCC(C)(C2C(O)CC3(C)C4CC(O)C5C(C)(C)C(=O)CCC56CC46C(O)CC23C)O1. The van der Waals surface area contributed by atoms with Gasteiger partial charge in [-0.05, 0) is 87.9 Å². The molecule has 0 aromatic carbocycles. The van der Waals surface area contributed by atoms with Crippen LogP contribution in [-0.2, 0) is 9.53 Å². The molecule has 1 heterocycles. The van der Waals surface area contributed by atoms with Gasteiger partial charge >= 0.3 is 0 Å². The van der Waals surface area contributed by atoms with Crippen molar-refractivity contribution in [1.82, 2.24) is 0 Å². The molecule has 1 saturated heterocycles. The van der Waals surface area contributed by atoms with Crippen molar-refractivity contribution in [2.45, 2.75) is 135 Å². The molecule has 4 N–H and O–H groups in total. The van der Waals surface area contributed by atoms with Crippen LogP contribution in [0.1, 0.15) is 99.8 Å². The Morgan fingerprint density at radius 2 is 1.58 bits per heavy atom. The molecule has 36 heavy (non-hydrogen) atoms. The third kappa shape index (κ3) is 2.69. The summed E-state index contributed by atoms with van der Waals surface area (Å²) >= 11 is 0. The van der Waals surface area contributed by atoms with Gasteiger partial charge in [0.2, 0.25) is 0 Å². The molecule has 6 aliphatic rings. The van der Waals surface area contributed by atoms with Crippen molar-refractivity contribution < 1.29 is 30.0 Å². The van der Waals surface area contributed by atoms with Crippen LogP contribution in [0.2, 0.25) is 0 Å². The summed E-state index contributed by atoms with van der Waals surface area (Å²) in [6.07, 6.45) is 3.55. The van der Waals surface area contributed by atoms with Gasteiger partial charge in [0.1, 0.15) is 5.78 Å². The minimum absolute atomic E-state index is 0.0868. The molecule has 5 saturated carbocycles. The Morgan fingerprint density at radius 1 is 0.917 bits per heavy atom. The smallest absolute Gasteiger partial charge is 0.138 e. The Morgan fingerprint density at radius 3 is 2.19 bits per heavy atom. The van der Waals surface area contributed by atoms with E-state index < -0.39 is 34.9 Å². The third-order valence-electron chi connectivity index (χ3n) is 13.5. The lowest BCUT2D eigenvalue weighted by atomic mass is 9.40. The van der Waals surface area contributed by atoms with E-state index in [0.29, 0.717) is 25.7 Å². The topological polar surface area (TPSA) is 107 Å². The van der Waals surface area contributed by atoms with Gasteiger partial charge in [-0.2, -0.15) is 0 Å². The zero-order valence-electron chi connectivity index (χ0n) is 23.3. The zero-order chi connectivity index (χ0) is 26.5. The van der Waals surface area contributed by atoms with E-state index in [-0.39, 0.29) is 51.3 Å². The molecule has 204 valence electrons. The maximum Gasteiger partial charge on any atom is 0.138 e. The van der Waals surface area contributed by atoms with Gasteiger partial charge in [-0.15, -0.1) is 0 Å². The summed E-state index contributed by atoms with van der Waals surface area (Å²) in [7, 11) is 0. The van der Waals surface area contributed by atoms with Crippen LogP contribution in [0.25, 0.3) is 0 Å². The standard InChI is InChI=1S/C30H48O6/c1-24(2)19(33)8-11-29-15-30(29)18(12-16(31)22(24)29)26(5)13-17(32)23(27(26,6)14-20(30)34)28(7)10-9-21(36-28)25(3,4)35/h16-18,20-23,31-32,34-35H,8-15H2,1-7H3. The number of hydrogen-bond donors (Lipinski definition) is 4. The monoisotopic (exact) mass is 504 g/mol. The number of carbonyl (C=O) groups excluding carboxylic acids is 1. The molecule has 12 unspecified atom stereocenters. The first-order valence-electron chi connectivity index (χ1n) is 14.4. The van der Waals surface area contributed by atoms with Gasteiger partial charge in [0, 0.05) is 29.1 Å². The molecular formula is C30H48O6. The summed E-state index contributed by atoms with van der Waals surface area (Å²) in [5.74, 6) is 0.0468. The van der Waals surface area contributed by atoms with Gasteiger partial charge in [0.15, 0.2) is 0 Å². The number of rotatable bonds is 2. The van der Waals surface area contributed by atoms with Crippen molar-refractivity contribution >= 4 is 5.78 Å². The Bertz CT molecular complexity index is 986. The van der Waals surface area contributed by atoms with E-state index in [9.17, 15) is 25.2 Å². The zero-order valence-corrected chi connectivity index (χ0v) is 23.3. The van der Waals surface area contributed by atoms with Crippen LogP contribution >= 0.6 is 0 Å². The van der Waals surface area contributed by atoms with Crippen LogP contribution in [0.15, 0.2) is 0 Å². The minimum Gasteiger partial charge on any atom is -0.393 e. The molecule has 6 rings (SSSR count). The van der Waals surface area contributed by atoms with E-state index in [0.717, 1.165) is 25.7 Å². The third-order valence-corrected chi connectivity index (χ3v) is 13.5. The predicted octanol–water partition coefficient (Wildman–Crippen LogP) is 3.62. The van der Waals surface area contributed by atoms with Crippen molar-refractivity contribution in [3.05, 3.63) is 0 Å². The van der Waals surface area contributed by atoms with Crippen LogP contribution < -0.4 is 0 Å². The van der Waals surface area contributed by atoms with Crippen LogP contribution in [0.5, 0.6) is 0 Å². The summed E-state index contributed by atoms with van der Waals surface area (Å²) in [6, 6.07) is 0. The van der Waals surface area contributed by atoms with E-state index in [1.54, 1.807) is 13.8 Å². The summed E-state index contributed by atoms with van der Waals surface area (Å²) in [4.78, 5) is 12.9. The molecule has 2 spiro atoms. The second-order valence-electron chi connectivity index (χ2n) is 15.8. The second-order valence-corrected chi connectivity index (χ2v) is 15.8. The van der Waals surface area contributed by atoms with E-state index in [2.05, 4.69) is 20.8 Å². The first-order chi connectivity index (χ1) is 16.4. The number of fused-ring (bicyclic) bond motifs is 2. The summed E-state index contributed by atoms with van der Waals surface area (Å²) in [5.41, 5.74) is -3.24. The molecule has 0 amide bonds. The van der Waals surface area contributed by atoms with E-state index in [1.807, 2.05) is 13.8 Å². The molecule has 1 aliphatic heterocycles. The molecule has 0 aromatic rings. The number of carbonyl (C=O) groups is 1. The van der Waals surface area contributed by atoms with Crippen LogP contribution in [0, 0.1) is 44.8 Å². The van der Waals surface area contributed by atoms with Gasteiger partial charge < -0.3 is 25.2 Å². The van der Waals surface area contributed by atoms with Crippen LogP contribution in [0.4, 0.5) is 0 Å². The summed E-state index contributed by atoms with van der Waals surface area (Å²) in [5, 5.41) is 46.1. The lowest BCUT2D eigenvalue weighted by molar-refractivity contribution is -0.230. The fraction of sp³-hybridized carbons (Fsp3) is 0.967. The summed E-state index contributed by atoms with van der Waals surface area (Å²) in [6.45, 7) is 14.2. The highest BCUT2D eigenvalue weighted by atomic mass is 16.5. The molecule has 0 bridgehead atoms. The Labute approximate surface area is 216 Å². The van der Waals surface area contributed by atoms with Gasteiger partial charge in [0.05, 0.1) is 35.6 Å². The number of ether oxygens (including phenoxy) is 1. The fourth-order valence-electron chi connectivity index (χ4n) is 12.0. The lowest BCUT2D eigenvalue weighted by Crippen LogP contribution is -2.65. The molecule has 12 atom stereocenters. The second kappa shape index (κ2) is 6.96. The van der Waals surface area contributed by atoms with Crippen molar-refractivity contribution in [2.75, 3.05) is 0 Å². The van der Waals surface area contributed by atoms with Gasteiger partial charge in [0.25, 0.3) is 0 Å².